The maximum atomic E-state index is 12.8. The fraction of sp³-hybridized carbons (Fsp3) is 0.182. The molecule has 0 aliphatic rings. The fourth-order valence-electron chi connectivity index (χ4n) is 2.73. The molecule has 29 heavy (non-hydrogen) atoms. The van der Waals surface area contributed by atoms with Crippen molar-refractivity contribution in [2.75, 3.05) is 13.2 Å². The molecule has 0 fully saturated rings. The lowest BCUT2D eigenvalue weighted by atomic mass is 10.0. The van der Waals surface area contributed by atoms with E-state index in [2.05, 4.69) is 4.74 Å². The summed E-state index contributed by atoms with van der Waals surface area (Å²) in [6.45, 7) is 0.579. The SMILES string of the molecule is NCCOc1ccc(-c2ccccc2OCc2ccccc2)cc1OC(F)(F)F. The minimum atomic E-state index is -4.84. The van der Waals surface area contributed by atoms with Gasteiger partial charge in [0.1, 0.15) is 19.0 Å². The van der Waals surface area contributed by atoms with Gasteiger partial charge in [0.2, 0.25) is 0 Å². The quantitative estimate of drug-likeness (QED) is 0.564. The molecular weight excluding hydrogens is 383 g/mol. The standard InChI is InChI=1S/C22H20F3NO3/c23-22(24,25)29-21-14-17(10-11-20(21)27-13-12-26)18-8-4-5-9-19(18)28-15-16-6-2-1-3-7-16/h1-11,14H,12-13,15,26H2. The maximum absolute atomic E-state index is 12.8. The summed E-state index contributed by atoms with van der Waals surface area (Å²) in [4.78, 5) is 0. The molecule has 2 N–H and O–H groups in total. The second kappa shape index (κ2) is 9.34. The van der Waals surface area contributed by atoms with E-state index in [-0.39, 0.29) is 18.9 Å². The van der Waals surface area contributed by atoms with E-state index in [0.717, 1.165) is 5.56 Å². The number of para-hydroxylation sites is 1. The summed E-state index contributed by atoms with van der Waals surface area (Å²) in [5.41, 5.74) is 7.50. The molecule has 0 aromatic heterocycles. The molecule has 152 valence electrons. The molecule has 0 aliphatic heterocycles. The van der Waals surface area contributed by atoms with Crippen LogP contribution >= 0.6 is 0 Å². The molecular formula is C22H20F3NO3. The molecule has 0 aliphatic carbocycles. The van der Waals surface area contributed by atoms with E-state index < -0.39 is 12.1 Å². The van der Waals surface area contributed by atoms with Crippen LogP contribution in [0.5, 0.6) is 17.2 Å². The molecule has 3 aromatic rings. The average molecular weight is 403 g/mol. The predicted octanol–water partition coefficient (Wildman–Crippen LogP) is 5.17. The summed E-state index contributed by atoms with van der Waals surface area (Å²) in [5.74, 6) is 0.0884. The van der Waals surface area contributed by atoms with Gasteiger partial charge in [0.25, 0.3) is 0 Å². The Balaban J connectivity index is 1.90. The van der Waals surface area contributed by atoms with Crippen LogP contribution < -0.4 is 19.9 Å². The van der Waals surface area contributed by atoms with Crippen molar-refractivity contribution in [3.05, 3.63) is 78.4 Å². The molecule has 0 saturated heterocycles. The monoisotopic (exact) mass is 403 g/mol. The first kappa shape index (κ1) is 20.5. The van der Waals surface area contributed by atoms with Gasteiger partial charge < -0.3 is 19.9 Å². The summed E-state index contributed by atoms with van der Waals surface area (Å²) in [6.07, 6.45) is -4.84. The first-order chi connectivity index (χ1) is 14.0. The van der Waals surface area contributed by atoms with Gasteiger partial charge in [-0.1, -0.05) is 54.6 Å². The molecule has 0 unspecified atom stereocenters. The van der Waals surface area contributed by atoms with Gasteiger partial charge >= 0.3 is 6.36 Å². The fourth-order valence-corrected chi connectivity index (χ4v) is 2.73. The number of halogens is 3. The number of nitrogens with two attached hydrogens (primary N) is 1. The first-order valence-corrected chi connectivity index (χ1v) is 8.95. The predicted molar refractivity (Wildman–Crippen MR) is 104 cm³/mol. The Bertz CT molecular complexity index is 930. The minimum absolute atomic E-state index is 0.0285. The maximum Gasteiger partial charge on any atom is 0.573 e. The number of ether oxygens (including phenoxy) is 3. The molecule has 0 heterocycles. The van der Waals surface area contributed by atoms with Gasteiger partial charge in [0, 0.05) is 12.1 Å². The zero-order chi connectivity index (χ0) is 20.7. The van der Waals surface area contributed by atoms with Crippen molar-refractivity contribution in [2.45, 2.75) is 13.0 Å². The van der Waals surface area contributed by atoms with Crippen molar-refractivity contribution >= 4 is 0 Å². The third kappa shape index (κ3) is 5.89. The van der Waals surface area contributed by atoms with Gasteiger partial charge in [-0.15, -0.1) is 13.2 Å². The molecule has 0 bridgehead atoms. The Labute approximate surface area is 166 Å². The van der Waals surface area contributed by atoms with Crippen LogP contribution in [0.3, 0.4) is 0 Å². The van der Waals surface area contributed by atoms with Gasteiger partial charge in [-0.3, -0.25) is 0 Å². The van der Waals surface area contributed by atoms with E-state index in [1.807, 2.05) is 30.3 Å². The number of hydrogen-bond donors (Lipinski definition) is 1. The lowest BCUT2D eigenvalue weighted by Crippen LogP contribution is -2.18. The van der Waals surface area contributed by atoms with E-state index >= 15 is 0 Å². The number of rotatable bonds is 8. The van der Waals surface area contributed by atoms with Crippen LogP contribution in [0.1, 0.15) is 5.56 Å². The van der Waals surface area contributed by atoms with Crippen LogP contribution in [0.25, 0.3) is 11.1 Å². The lowest BCUT2D eigenvalue weighted by Gasteiger charge is -2.16. The van der Waals surface area contributed by atoms with Crippen LogP contribution in [0, 0.1) is 0 Å². The molecule has 7 heteroatoms. The van der Waals surface area contributed by atoms with Gasteiger partial charge in [0.05, 0.1) is 0 Å². The summed E-state index contributed by atoms with van der Waals surface area (Å²) in [6, 6.07) is 21.1. The number of benzene rings is 3. The molecule has 0 amide bonds. The molecule has 0 atom stereocenters. The highest BCUT2D eigenvalue weighted by Gasteiger charge is 2.32. The second-order valence-corrected chi connectivity index (χ2v) is 6.12. The van der Waals surface area contributed by atoms with E-state index in [0.29, 0.717) is 23.5 Å². The molecule has 0 radical (unpaired) electrons. The summed E-state index contributed by atoms with van der Waals surface area (Å²) in [7, 11) is 0. The Morgan fingerprint density at radius 2 is 1.48 bits per heavy atom. The normalized spacial score (nSPS) is 11.2. The van der Waals surface area contributed by atoms with Crippen molar-refractivity contribution in [3.63, 3.8) is 0 Å². The molecule has 4 nitrogen and oxygen atoms in total. The van der Waals surface area contributed by atoms with Crippen molar-refractivity contribution in [1.82, 2.24) is 0 Å². The summed E-state index contributed by atoms with van der Waals surface area (Å²) >= 11 is 0. The van der Waals surface area contributed by atoms with E-state index in [4.69, 9.17) is 15.2 Å². The van der Waals surface area contributed by atoms with Crippen molar-refractivity contribution < 1.29 is 27.4 Å². The number of alkyl halides is 3. The average Bonchev–Trinajstić information content (AvgIpc) is 2.71. The van der Waals surface area contributed by atoms with E-state index in [1.54, 1.807) is 30.3 Å². The zero-order valence-corrected chi connectivity index (χ0v) is 15.5. The summed E-state index contributed by atoms with van der Waals surface area (Å²) < 4.78 is 53.8. The van der Waals surface area contributed by atoms with Crippen LogP contribution in [0.15, 0.2) is 72.8 Å². The summed E-state index contributed by atoms with van der Waals surface area (Å²) in [5, 5.41) is 0. The Morgan fingerprint density at radius 1 is 0.759 bits per heavy atom. The highest BCUT2D eigenvalue weighted by molar-refractivity contribution is 5.72. The van der Waals surface area contributed by atoms with Gasteiger partial charge in [-0.05, 0) is 29.3 Å². The van der Waals surface area contributed by atoms with Crippen molar-refractivity contribution in [3.8, 4) is 28.4 Å². The van der Waals surface area contributed by atoms with E-state index in [1.165, 1.54) is 12.1 Å². The topological polar surface area (TPSA) is 53.7 Å². The number of hydrogen-bond acceptors (Lipinski definition) is 4. The van der Waals surface area contributed by atoms with Gasteiger partial charge in [0.15, 0.2) is 11.5 Å². The van der Waals surface area contributed by atoms with Crippen molar-refractivity contribution in [1.29, 1.82) is 0 Å². The first-order valence-electron chi connectivity index (χ1n) is 8.95. The highest BCUT2D eigenvalue weighted by Crippen LogP contribution is 2.38. The zero-order valence-electron chi connectivity index (χ0n) is 15.5. The Hall–Kier alpha value is -3.19. The van der Waals surface area contributed by atoms with Gasteiger partial charge in [-0.2, -0.15) is 0 Å². The molecule has 0 spiro atoms. The second-order valence-electron chi connectivity index (χ2n) is 6.12. The van der Waals surface area contributed by atoms with Crippen LogP contribution in [0.2, 0.25) is 0 Å². The minimum Gasteiger partial charge on any atom is -0.488 e. The van der Waals surface area contributed by atoms with E-state index in [9.17, 15) is 13.2 Å². The lowest BCUT2D eigenvalue weighted by molar-refractivity contribution is -0.275. The third-order valence-electron chi connectivity index (χ3n) is 3.98. The van der Waals surface area contributed by atoms with Crippen LogP contribution in [0.4, 0.5) is 13.2 Å². The van der Waals surface area contributed by atoms with Crippen LogP contribution in [-0.2, 0) is 6.61 Å². The Morgan fingerprint density at radius 3 is 2.21 bits per heavy atom. The largest absolute Gasteiger partial charge is 0.573 e. The van der Waals surface area contributed by atoms with Crippen LogP contribution in [-0.4, -0.2) is 19.5 Å². The Kier molecular flexibility index (Phi) is 6.61. The molecule has 3 rings (SSSR count). The third-order valence-corrected chi connectivity index (χ3v) is 3.98. The van der Waals surface area contributed by atoms with Crippen molar-refractivity contribution in [2.24, 2.45) is 5.73 Å². The highest BCUT2D eigenvalue weighted by atomic mass is 19.4. The smallest absolute Gasteiger partial charge is 0.488 e. The molecule has 0 saturated carbocycles. The molecule has 3 aromatic carbocycles. The van der Waals surface area contributed by atoms with Gasteiger partial charge in [-0.25, -0.2) is 0 Å².